The van der Waals surface area contributed by atoms with E-state index in [1.165, 1.54) is 12.1 Å². The first kappa shape index (κ1) is 20.0. The molecule has 2 rings (SSSR count). The summed E-state index contributed by atoms with van der Waals surface area (Å²) in [5, 5.41) is 8.34. The summed E-state index contributed by atoms with van der Waals surface area (Å²) in [6.07, 6.45) is 0.841. The van der Waals surface area contributed by atoms with E-state index >= 15 is 0 Å². The monoisotopic (exact) mass is 369 g/mol. The molecule has 0 unspecified atom stereocenters. The first-order valence-electron chi connectivity index (χ1n) is 8.43. The first-order valence-corrected chi connectivity index (χ1v) is 8.43. The lowest BCUT2D eigenvalue weighted by atomic mass is 9.84. The maximum Gasteiger partial charge on any atom is 0.416 e. The highest BCUT2D eigenvalue weighted by atomic mass is 19.4. The Hall–Kier alpha value is -2.36. The summed E-state index contributed by atoms with van der Waals surface area (Å²) < 4.78 is 55.7. The molecule has 3 nitrogen and oxygen atoms in total. The predicted molar refractivity (Wildman–Crippen MR) is 86.6 cm³/mol. The van der Waals surface area contributed by atoms with Crippen LogP contribution in [0.2, 0.25) is 0 Å². The van der Waals surface area contributed by atoms with Crippen molar-refractivity contribution in [2.45, 2.75) is 50.8 Å². The van der Waals surface area contributed by atoms with Crippen molar-refractivity contribution >= 4 is 5.97 Å². The highest BCUT2D eigenvalue weighted by molar-refractivity contribution is 5.89. The van der Waals surface area contributed by atoms with Crippen molar-refractivity contribution < 1.29 is 27.1 Å². The quantitative estimate of drug-likeness (QED) is 0.387. The summed E-state index contributed by atoms with van der Waals surface area (Å²) in [7, 11) is 0. The van der Waals surface area contributed by atoms with Crippen LogP contribution in [-0.2, 0) is 10.9 Å². The van der Waals surface area contributed by atoms with Crippen LogP contribution in [0.4, 0.5) is 17.6 Å². The van der Waals surface area contributed by atoms with Gasteiger partial charge in [-0.05, 0) is 74.8 Å². The summed E-state index contributed by atoms with van der Waals surface area (Å²) in [5.74, 6) is -1.01. The topological polar surface area (TPSA) is 50.1 Å². The van der Waals surface area contributed by atoms with Crippen molar-refractivity contribution in [3.8, 4) is 6.07 Å². The molecule has 140 valence electrons. The molecular formula is C19H19F4NO2. The van der Waals surface area contributed by atoms with Crippen LogP contribution >= 0.6 is 0 Å². The van der Waals surface area contributed by atoms with Gasteiger partial charge in [0, 0.05) is 0 Å². The fourth-order valence-corrected chi connectivity index (χ4v) is 3.04. The zero-order valence-corrected chi connectivity index (χ0v) is 14.1. The zero-order valence-electron chi connectivity index (χ0n) is 14.1. The van der Waals surface area contributed by atoms with E-state index in [-0.39, 0.29) is 11.7 Å². The molecule has 0 bridgehead atoms. The van der Waals surface area contributed by atoms with Gasteiger partial charge in [-0.25, -0.2) is 4.79 Å². The van der Waals surface area contributed by atoms with Crippen molar-refractivity contribution in [3.05, 3.63) is 47.3 Å². The molecule has 1 fully saturated rings. The molecule has 26 heavy (non-hydrogen) atoms. The molecule has 1 aliphatic rings. The Morgan fingerprint density at radius 3 is 2.35 bits per heavy atom. The third-order valence-corrected chi connectivity index (χ3v) is 4.52. The predicted octanol–water partition coefficient (Wildman–Crippen LogP) is 5.58. The third-order valence-electron chi connectivity index (χ3n) is 4.52. The molecule has 0 radical (unpaired) electrons. The van der Waals surface area contributed by atoms with Gasteiger partial charge in [-0.3, -0.25) is 0 Å². The zero-order chi connectivity index (χ0) is 19.2. The number of benzene rings is 1. The van der Waals surface area contributed by atoms with Crippen LogP contribution in [0.25, 0.3) is 0 Å². The fourth-order valence-electron chi connectivity index (χ4n) is 3.04. The van der Waals surface area contributed by atoms with Crippen LogP contribution in [-0.4, -0.2) is 12.1 Å². The molecular weight excluding hydrogens is 350 g/mol. The van der Waals surface area contributed by atoms with E-state index in [1.807, 2.05) is 0 Å². The van der Waals surface area contributed by atoms with Gasteiger partial charge in [-0.1, -0.05) is 0 Å². The number of carbonyl (C=O) groups excluding carboxylic acids is 1. The van der Waals surface area contributed by atoms with Gasteiger partial charge in [0.15, 0.2) is 5.83 Å². The highest BCUT2D eigenvalue weighted by Gasteiger charge is 2.30. The smallest absolute Gasteiger partial charge is 0.416 e. The minimum Gasteiger partial charge on any atom is -0.459 e. The standard InChI is InChI=1S/C19H19F4NO2/c20-16(12-24)3-1-2-13-4-10-17(11-5-13)26-18(25)14-6-8-15(9-7-14)19(21,22)23/h3,6-9,13,17H,1-2,4-5,10-11H2/b16-3-/t13-,17-. The van der Waals surface area contributed by atoms with Gasteiger partial charge < -0.3 is 4.74 Å². The van der Waals surface area contributed by atoms with Crippen LogP contribution in [0.3, 0.4) is 0 Å². The minimum absolute atomic E-state index is 0.0947. The lowest BCUT2D eigenvalue weighted by molar-refractivity contribution is -0.137. The van der Waals surface area contributed by atoms with Crippen molar-refractivity contribution in [1.29, 1.82) is 5.26 Å². The van der Waals surface area contributed by atoms with E-state index in [2.05, 4.69) is 0 Å². The van der Waals surface area contributed by atoms with E-state index in [0.29, 0.717) is 25.2 Å². The molecule has 0 N–H and O–H groups in total. The lowest BCUT2D eigenvalue weighted by Crippen LogP contribution is -2.24. The summed E-state index contributed by atoms with van der Waals surface area (Å²) in [6, 6.07) is 5.39. The number of allylic oxidation sites excluding steroid dienone is 2. The van der Waals surface area contributed by atoms with Gasteiger partial charge in [0.1, 0.15) is 12.2 Å². The van der Waals surface area contributed by atoms with E-state index in [4.69, 9.17) is 10.00 Å². The number of nitriles is 1. The molecule has 0 spiro atoms. The molecule has 7 heteroatoms. The Labute approximate surface area is 149 Å². The minimum atomic E-state index is -4.44. The van der Waals surface area contributed by atoms with E-state index in [1.54, 1.807) is 0 Å². The van der Waals surface area contributed by atoms with E-state index in [9.17, 15) is 22.4 Å². The van der Waals surface area contributed by atoms with Gasteiger partial charge in [0.25, 0.3) is 0 Å². The van der Waals surface area contributed by atoms with Crippen LogP contribution in [0, 0.1) is 17.2 Å². The Morgan fingerprint density at radius 1 is 1.19 bits per heavy atom. The van der Waals surface area contributed by atoms with Crippen LogP contribution in [0.15, 0.2) is 36.2 Å². The number of ether oxygens (including phenoxy) is 1. The average molecular weight is 369 g/mol. The molecule has 0 heterocycles. The number of hydrogen-bond acceptors (Lipinski definition) is 3. The fraction of sp³-hybridized carbons (Fsp3) is 0.474. The first-order chi connectivity index (χ1) is 12.3. The maximum absolute atomic E-state index is 12.7. The summed E-state index contributed by atoms with van der Waals surface area (Å²) in [6.45, 7) is 0. The molecule has 1 aromatic rings. The van der Waals surface area contributed by atoms with E-state index < -0.39 is 23.5 Å². The Balaban J connectivity index is 1.78. The number of esters is 1. The highest BCUT2D eigenvalue weighted by Crippen LogP contribution is 2.31. The lowest BCUT2D eigenvalue weighted by Gasteiger charge is -2.28. The van der Waals surface area contributed by atoms with Crippen molar-refractivity contribution in [3.63, 3.8) is 0 Å². The molecule has 1 aliphatic carbocycles. The molecule has 1 aromatic carbocycles. The summed E-state index contributed by atoms with van der Waals surface area (Å²) in [4.78, 5) is 12.1. The number of halogens is 4. The van der Waals surface area contributed by atoms with E-state index in [0.717, 1.165) is 43.5 Å². The van der Waals surface area contributed by atoms with Crippen molar-refractivity contribution in [2.75, 3.05) is 0 Å². The van der Waals surface area contributed by atoms with Gasteiger partial charge in [0.2, 0.25) is 0 Å². The van der Waals surface area contributed by atoms with Crippen molar-refractivity contribution in [2.24, 2.45) is 5.92 Å². The Bertz CT molecular complexity index is 681. The van der Waals surface area contributed by atoms with Crippen LogP contribution < -0.4 is 0 Å². The summed E-state index contributed by atoms with van der Waals surface area (Å²) in [5.41, 5.74) is -0.714. The van der Waals surface area contributed by atoms with Gasteiger partial charge in [-0.15, -0.1) is 0 Å². The van der Waals surface area contributed by atoms with Crippen LogP contribution in [0.1, 0.15) is 54.4 Å². The summed E-state index contributed by atoms with van der Waals surface area (Å²) >= 11 is 0. The number of hydrogen-bond donors (Lipinski definition) is 0. The Kier molecular flexibility index (Phi) is 6.78. The largest absolute Gasteiger partial charge is 0.459 e. The number of carbonyl (C=O) groups is 1. The Morgan fingerprint density at radius 2 is 1.81 bits per heavy atom. The van der Waals surface area contributed by atoms with Gasteiger partial charge in [0.05, 0.1) is 11.1 Å². The number of alkyl halides is 3. The molecule has 0 saturated heterocycles. The van der Waals surface area contributed by atoms with Gasteiger partial charge in [-0.2, -0.15) is 22.8 Å². The molecule has 0 aromatic heterocycles. The molecule has 0 aliphatic heterocycles. The SMILES string of the molecule is N#C/C(F)=C/CC[C@H]1CC[C@H](OC(=O)c2ccc(C(F)(F)F)cc2)CC1. The van der Waals surface area contributed by atoms with Crippen molar-refractivity contribution in [1.82, 2.24) is 0 Å². The molecule has 0 amide bonds. The second-order valence-corrected chi connectivity index (χ2v) is 6.36. The maximum atomic E-state index is 12.7. The second-order valence-electron chi connectivity index (χ2n) is 6.36. The number of rotatable bonds is 5. The molecule has 1 saturated carbocycles. The van der Waals surface area contributed by atoms with Crippen LogP contribution in [0.5, 0.6) is 0 Å². The molecule has 0 atom stereocenters. The normalized spacial score (nSPS) is 21.1. The number of nitrogens with zero attached hydrogens (tertiary/aromatic N) is 1. The van der Waals surface area contributed by atoms with Gasteiger partial charge >= 0.3 is 12.1 Å². The average Bonchev–Trinajstić information content (AvgIpc) is 2.62. The second kappa shape index (κ2) is 8.84. The third kappa shape index (κ3) is 5.87.